The maximum Gasteiger partial charge on any atom is 0.293 e. The lowest BCUT2D eigenvalue weighted by Crippen LogP contribution is -2.29. The van der Waals surface area contributed by atoms with E-state index in [0.717, 1.165) is 0 Å². The Labute approximate surface area is 137 Å². The number of amides is 2. The number of nitro benzene ring substituents is 1. The average molecular weight is 335 g/mol. The molecule has 0 atom stereocenters. The second-order valence-electron chi connectivity index (χ2n) is 5.42. The Morgan fingerprint density at radius 1 is 1.33 bits per heavy atom. The van der Waals surface area contributed by atoms with Crippen LogP contribution in [0.2, 0.25) is 0 Å². The molecule has 9 nitrogen and oxygen atoms in total. The lowest BCUT2D eigenvalue weighted by molar-refractivity contribution is -0.384. The Balaban J connectivity index is 2.36. The van der Waals surface area contributed by atoms with E-state index in [1.54, 1.807) is 0 Å². The first-order chi connectivity index (χ1) is 11.3. The van der Waals surface area contributed by atoms with Gasteiger partial charge < -0.3 is 20.2 Å². The number of fused-ring (bicyclic) bond motifs is 1. The fraction of sp³-hybridized carbons (Fsp3) is 0.400. The summed E-state index contributed by atoms with van der Waals surface area (Å²) in [5.41, 5.74) is 5.47. The van der Waals surface area contributed by atoms with Gasteiger partial charge in [0.25, 0.3) is 11.6 Å². The maximum atomic E-state index is 12.3. The van der Waals surface area contributed by atoms with Crippen molar-refractivity contribution < 1.29 is 24.0 Å². The largest absolute Gasteiger partial charge is 0.483 e. The first kappa shape index (κ1) is 17.4. The summed E-state index contributed by atoms with van der Waals surface area (Å²) in [6.45, 7) is 1.27. The molecule has 1 aromatic carbocycles. The number of nitrogens with zero attached hydrogens (tertiary/aromatic N) is 2. The normalized spacial score (nSPS) is 12.6. The van der Waals surface area contributed by atoms with Crippen LogP contribution in [-0.4, -0.2) is 35.7 Å². The van der Waals surface area contributed by atoms with Crippen LogP contribution in [0.25, 0.3) is 0 Å². The Hall–Kier alpha value is -2.97. The molecule has 0 aromatic heterocycles. The highest BCUT2D eigenvalue weighted by molar-refractivity contribution is 6.00. The van der Waals surface area contributed by atoms with E-state index in [0.29, 0.717) is 12.0 Å². The monoisotopic (exact) mass is 335 g/mol. The third-order valence-electron chi connectivity index (χ3n) is 3.63. The van der Waals surface area contributed by atoms with Gasteiger partial charge >= 0.3 is 0 Å². The van der Waals surface area contributed by atoms with Crippen LogP contribution in [0.4, 0.5) is 11.4 Å². The van der Waals surface area contributed by atoms with Gasteiger partial charge in [0.15, 0.2) is 6.61 Å². The van der Waals surface area contributed by atoms with Crippen LogP contribution in [-0.2, 0) is 20.8 Å². The zero-order valence-corrected chi connectivity index (χ0v) is 13.1. The molecular weight excluding hydrogens is 318 g/mol. The van der Waals surface area contributed by atoms with Crippen LogP contribution in [0.15, 0.2) is 12.1 Å². The number of primary amides is 1. The molecule has 1 aromatic rings. The summed E-state index contributed by atoms with van der Waals surface area (Å²) in [6.07, 6.45) is 0.422. The standard InChI is InChI=1S/C15H17N3O6/c1-9(19)2-5-14(21)17-7-6-10-12(24-8-13(16)20)4-3-11(15(10)17)18(22)23/h3-4H,2,5-8H2,1H3,(H2,16,20). The lowest BCUT2D eigenvalue weighted by atomic mass is 10.1. The number of benzene rings is 1. The topological polar surface area (TPSA) is 133 Å². The molecule has 2 N–H and O–H groups in total. The molecule has 0 fully saturated rings. The number of carbonyl (C=O) groups excluding carboxylic acids is 3. The number of carbonyl (C=O) groups is 3. The van der Waals surface area contributed by atoms with E-state index in [1.807, 2.05) is 0 Å². The minimum absolute atomic E-state index is 0.0156. The van der Waals surface area contributed by atoms with Crippen molar-refractivity contribution in [2.24, 2.45) is 5.73 Å². The first-order valence-electron chi connectivity index (χ1n) is 7.32. The molecule has 0 spiro atoms. The van der Waals surface area contributed by atoms with Gasteiger partial charge in [0.05, 0.1) is 4.92 Å². The second kappa shape index (κ2) is 7.07. The molecule has 1 aliphatic heterocycles. The number of rotatable bonds is 7. The molecule has 128 valence electrons. The molecule has 1 aliphatic rings. The van der Waals surface area contributed by atoms with Gasteiger partial charge in [0.1, 0.15) is 17.2 Å². The van der Waals surface area contributed by atoms with Crippen molar-refractivity contribution in [3.05, 3.63) is 27.8 Å². The molecule has 0 saturated heterocycles. The van der Waals surface area contributed by atoms with Gasteiger partial charge in [-0.05, 0) is 19.4 Å². The zero-order valence-electron chi connectivity index (χ0n) is 13.1. The molecule has 0 unspecified atom stereocenters. The predicted molar refractivity (Wildman–Crippen MR) is 83.8 cm³/mol. The van der Waals surface area contributed by atoms with Crippen molar-refractivity contribution in [1.29, 1.82) is 0 Å². The highest BCUT2D eigenvalue weighted by Gasteiger charge is 2.34. The van der Waals surface area contributed by atoms with Crippen LogP contribution in [0.5, 0.6) is 5.75 Å². The number of ether oxygens (including phenoxy) is 1. The summed E-state index contributed by atoms with van der Waals surface area (Å²) in [5.74, 6) is -0.874. The van der Waals surface area contributed by atoms with Gasteiger partial charge in [-0.1, -0.05) is 0 Å². The van der Waals surface area contributed by atoms with E-state index in [-0.39, 0.29) is 54.8 Å². The van der Waals surface area contributed by atoms with Gasteiger partial charge in [-0.3, -0.25) is 19.7 Å². The van der Waals surface area contributed by atoms with E-state index in [1.165, 1.54) is 24.0 Å². The fourth-order valence-electron chi connectivity index (χ4n) is 2.58. The van der Waals surface area contributed by atoms with Gasteiger partial charge in [-0.2, -0.15) is 0 Å². The number of Topliss-reactive ketones (excluding diaryl/α,β-unsaturated/α-hetero) is 1. The lowest BCUT2D eigenvalue weighted by Gasteiger charge is -2.17. The van der Waals surface area contributed by atoms with E-state index < -0.39 is 10.8 Å². The third-order valence-corrected chi connectivity index (χ3v) is 3.63. The van der Waals surface area contributed by atoms with E-state index in [9.17, 15) is 24.5 Å². The number of anilines is 1. The molecule has 1 heterocycles. The molecular formula is C15H17N3O6. The fourth-order valence-corrected chi connectivity index (χ4v) is 2.58. The van der Waals surface area contributed by atoms with Crippen molar-refractivity contribution in [3.63, 3.8) is 0 Å². The quantitative estimate of drug-likeness (QED) is 0.576. The number of nitrogens with two attached hydrogens (primary N) is 1. The van der Waals surface area contributed by atoms with Crippen LogP contribution in [0, 0.1) is 10.1 Å². The number of nitro groups is 1. The molecule has 2 rings (SSSR count). The summed E-state index contributed by atoms with van der Waals surface area (Å²) < 4.78 is 5.28. The van der Waals surface area contributed by atoms with E-state index in [2.05, 4.69) is 0 Å². The Kier molecular flexibility index (Phi) is 5.12. The average Bonchev–Trinajstić information content (AvgIpc) is 2.94. The maximum absolute atomic E-state index is 12.3. The Morgan fingerprint density at radius 2 is 2.04 bits per heavy atom. The van der Waals surface area contributed by atoms with E-state index >= 15 is 0 Å². The Bertz CT molecular complexity index is 715. The second-order valence-corrected chi connectivity index (χ2v) is 5.42. The number of ketones is 1. The van der Waals surface area contributed by atoms with Crippen LogP contribution in [0.1, 0.15) is 25.3 Å². The summed E-state index contributed by atoms with van der Waals surface area (Å²) in [6, 6.07) is 2.62. The van der Waals surface area contributed by atoms with E-state index in [4.69, 9.17) is 10.5 Å². The molecule has 0 radical (unpaired) electrons. The first-order valence-corrected chi connectivity index (χ1v) is 7.32. The van der Waals surface area contributed by atoms with Crippen molar-refractivity contribution in [2.75, 3.05) is 18.1 Å². The molecule has 2 amide bonds. The van der Waals surface area contributed by atoms with Crippen LogP contribution < -0.4 is 15.4 Å². The number of hydrogen-bond acceptors (Lipinski definition) is 6. The molecule has 0 aliphatic carbocycles. The Morgan fingerprint density at radius 3 is 2.62 bits per heavy atom. The summed E-state index contributed by atoms with van der Waals surface area (Å²) in [4.78, 5) is 46.2. The smallest absolute Gasteiger partial charge is 0.293 e. The predicted octanol–water partition coefficient (Wildman–Crippen LogP) is 0.717. The van der Waals surface area contributed by atoms with Crippen LogP contribution in [0.3, 0.4) is 0 Å². The van der Waals surface area contributed by atoms with Gasteiger partial charge in [0.2, 0.25) is 5.91 Å². The minimum Gasteiger partial charge on any atom is -0.483 e. The summed E-state index contributed by atoms with van der Waals surface area (Å²) >= 11 is 0. The highest BCUT2D eigenvalue weighted by atomic mass is 16.6. The third kappa shape index (κ3) is 3.67. The van der Waals surface area contributed by atoms with Crippen molar-refractivity contribution in [2.45, 2.75) is 26.2 Å². The summed E-state index contributed by atoms with van der Waals surface area (Å²) in [5, 5.41) is 11.3. The van der Waals surface area contributed by atoms with Crippen LogP contribution >= 0.6 is 0 Å². The molecule has 9 heteroatoms. The molecule has 0 saturated carbocycles. The van der Waals surface area contributed by atoms with Gasteiger partial charge in [-0.25, -0.2) is 0 Å². The van der Waals surface area contributed by atoms with Gasteiger partial charge in [-0.15, -0.1) is 0 Å². The zero-order chi connectivity index (χ0) is 17.9. The van der Waals surface area contributed by atoms with Crippen molar-refractivity contribution >= 4 is 29.0 Å². The minimum atomic E-state index is -0.672. The number of hydrogen-bond donors (Lipinski definition) is 1. The summed E-state index contributed by atoms with van der Waals surface area (Å²) in [7, 11) is 0. The van der Waals surface area contributed by atoms with Gasteiger partial charge in [0, 0.05) is 31.0 Å². The van der Waals surface area contributed by atoms with Crippen molar-refractivity contribution in [3.8, 4) is 5.75 Å². The molecule has 24 heavy (non-hydrogen) atoms. The highest BCUT2D eigenvalue weighted by Crippen LogP contribution is 2.42. The molecule has 0 bridgehead atoms. The SMILES string of the molecule is CC(=O)CCC(=O)N1CCc2c(OCC(N)=O)ccc([N+](=O)[O-])c21. The van der Waals surface area contributed by atoms with Crippen molar-refractivity contribution in [1.82, 2.24) is 0 Å².